The lowest BCUT2D eigenvalue weighted by atomic mass is 9.84. The van der Waals surface area contributed by atoms with Gasteiger partial charge in [-0.05, 0) is 50.9 Å². The van der Waals surface area contributed by atoms with E-state index in [2.05, 4.69) is 4.90 Å². The maximum absolute atomic E-state index is 5.97. The van der Waals surface area contributed by atoms with Crippen LogP contribution in [0.4, 0.5) is 5.69 Å². The van der Waals surface area contributed by atoms with Crippen LogP contribution in [-0.4, -0.2) is 30.6 Å². The standard InChI is InChI=1S/C16H24N2O/c17-14-7-1-2-9-16(14)19-12-13-6-5-11-18-10-4-3-8-15(13)18/h1-2,7,9,13,15H,3-6,8,10-12,17H2/t13-,15-/m0/s1. The largest absolute Gasteiger partial charge is 0.491 e. The number of hydrogen-bond acceptors (Lipinski definition) is 3. The van der Waals surface area contributed by atoms with Gasteiger partial charge in [0.15, 0.2) is 0 Å². The molecule has 0 aromatic heterocycles. The lowest BCUT2D eigenvalue weighted by Crippen LogP contribution is -2.49. The Kier molecular flexibility index (Phi) is 3.92. The van der Waals surface area contributed by atoms with Crippen molar-refractivity contribution < 1.29 is 4.74 Å². The molecule has 1 aromatic rings. The molecule has 2 saturated heterocycles. The van der Waals surface area contributed by atoms with E-state index >= 15 is 0 Å². The maximum atomic E-state index is 5.97. The summed E-state index contributed by atoms with van der Waals surface area (Å²) in [6.45, 7) is 3.39. The summed E-state index contributed by atoms with van der Waals surface area (Å²) in [5, 5.41) is 0. The Morgan fingerprint density at radius 2 is 1.95 bits per heavy atom. The molecule has 2 N–H and O–H groups in total. The molecule has 2 fully saturated rings. The van der Waals surface area contributed by atoms with E-state index in [4.69, 9.17) is 10.5 Å². The number of para-hydroxylation sites is 2. The van der Waals surface area contributed by atoms with Gasteiger partial charge in [0.25, 0.3) is 0 Å². The van der Waals surface area contributed by atoms with E-state index in [0.717, 1.165) is 24.1 Å². The Labute approximate surface area is 115 Å². The summed E-state index contributed by atoms with van der Waals surface area (Å²) in [6, 6.07) is 8.55. The lowest BCUT2D eigenvalue weighted by molar-refractivity contribution is 0.0367. The van der Waals surface area contributed by atoms with E-state index in [0.29, 0.717) is 5.92 Å². The minimum Gasteiger partial charge on any atom is -0.491 e. The zero-order chi connectivity index (χ0) is 13.1. The third-order valence-electron chi connectivity index (χ3n) is 4.60. The molecule has 3 rings (SSSR count). The van der Waals surface area contributed by atoms with Crippen LogP contribution in [-0.2, 0) is 0 Å². The van der Waals surface area contributed by atoms with Crippen LogP contribution in [0.1, 0.15) is 32.1 Å². The molecule has 0 bridgehead atoms. The van der Waals surface area contributed by atoms with Gasteiger partial charge in [0, 0.05) is 12.0 Å². The number of nitrogen functional groups attached to an aromatic ring is 1. The van der Waals surface area contributed by atoms with Crippen LogP contribution in [0.5, 0.6) is 5.75 Å². The summed E-state index contributed by atoms with van der Waals surface area (Å²) in [6.07, 6.45) is 6.71. The molecule has 2 aliphatic rings. The summed E-state index contributed by atoms with van der Waals surface area (Å²) >= 11 is 0. The highest BCUT2D eigenvalue weighted by molar-refractivity contribution is 5.51. The highest BCUT2D eigenvalue weighted by atomic mass is 16.5. The second kappa shape index (κ2) is 5.83. The summed E-state index contributed by atoms with van der Waals surface area (Å²) < 4.78 is 5.97. The fourth-order valence-electron chi connectivity index (χ4n) is 3.58. The molecule has 2 aliphatic heterocycles. The van der Waals surface area contributed by atoms with Crippen molar-refractivity contribution in [2.75, 3.05) is 25.4 Å². The lowest BCUT2D eigenvalue weighted by Gasteiger charge is -2.44. The van der Waals surface area contributed by atoms with Gasteiger partial charge in [-0.2, -0.15) is 0 Å². The monoisotopic (exact) mass is 260 g/mol. The van der Waals surface area contributed by atoms with Crippen LogP contribution < -0.4 is 10.5 Å². The Hall–Kier alpha value is -1.22. The van der Waals surface area contributed by atoms with E-state index in [1.54, 1.807) is 0 Å². The smallest absolute Gasteiger partial charge is 0.142 e. The van der Waals surface area contributed by atoms with Crippen LogP contribution in [0, 0.1) is 5.92 Å². The Balaban J connectivity index is 1.61. The Bertz CT molecular complexity index is 419. The second-order valence-corrected chi connectivity index (χ2v) is 5.85. The molecule has 0 amide bonds. The first-order valence-corrected chi connectivity index (χ1v) is 7.56. The van der Waals surface area contributed by atoms with Crippen molar-refractivity contribution in [2.45, 2.75) is 38.1 Å². The fraction of sp³-hybridized carbons (Fsp3) is 0.625. The molecular formula is C16H24N2O. The van der Waals surface area contributed by atoms with Crippen LogP contribution in [0.3, 0.4) is 0 Å². The van der Waals surface area contributed by atoms with Crippen molar-refractivity contribution in [1.82, 2.24) is 4.90 Å². The first-order chi connectivity index (χ1) is 9.34. The summed E-state index contributed by atoms with van der Waals surface area (Å²) in [5.41, 5.74) is 6.68. The predicted molar refractivity (Wildman–Crippen MR) is 78.3 cm³/mol. The van der Waals surface area contributed by atoms with E-state index in [1.165, 1.54) is 45.2 Å². The molecule has 2 heterocycles. The van der Waals surface area contributed by atoms with Crippen LogP contribution >= 0.6 is 0 Å². The molecule has 19 heavy (non-hydrogen) atoms. The van der Waals surface area contributed by atoms with Gasteiger partial charge in [0.05, 0.1) is 12.3 Å². The number of anilines is 1. The van der Waals surface area contributed by atoms with Crippen LogP contribution in [0.15, 0.2) is 24.3 Å². The summed E-state index contributed by atoms with van der Waals surface area (Å²) in [7, 11) is 0. The van der Waals surface area contributed by atoms with E-state index in [1.807, 2.05) is 24.3 Å². The van der Waals surface area contributed by atoms with Crippen molar-refractivity contribution in [3.05, 3.63) is 24.3 Å². The summed E-state index contributed by atoms with van der Waals surface area (Å²) in [5.74, 6) is 1.52. The maximum Gasteiger partial charge on any atom is 0.142 e. The van der Waals surface area contributed by atoms with Crippen molar-refractivity contribution in [3.63, 3.8) is 0 Å². The first kappa shape index (κ1) is 12.8. The van der Waals surface area contributed by atoms with Crippen molar-refractivity contribution >= 4 is 5.69 Å². The van der Waals surface area contributed by atoms with Crippen molar-refractivity contribution in [3.8, 4) is 5.75 Å². The minimum atomic E-state index is 0.675. The first-order valence-electron chi connectivity index (χ1n) is 7.56. The zero-order valence-corrected chi connectivity index (χ0v) is 11.6. The van der Waals surface area contributed by atoms with E-state index in [9.17, 15) is 0 Å². The second-order valence-electron chi connectivity index (χ2n) is 5.85. The Morgan fingerprint density at radius 3 is 2.84 bits per heavy atom. The number of benzene rings is 1. The number of rotatable bonds is 3. The zero-order valence-electron chi connectivity index (χ0n) is 11.6. The van der Waals surface area contributed by atoms with Gasteiger partial charge < -0.3 is 10.5 Å². The van der Waals surface area contributed by atoms with E-state index in [-0.39, 0.29) is 0 Å². The molecule has 1 aromatic carbocycles. The SMILES string of the molecule is Nc1ccccc1OC[C@@H]1CCCN2CCCC[C@@H]12. The van der Waals surface area contributed by atoms with Gasteiger partial charge in [0.1, 0.15) is 5.75 Å². The molecule has 3 heteroatoms. The predicted octanol–water partition coefficient (Wildman–Crippen LogP) is 2.91. The van der Waals surface area contributed by atoms with Gasteiger partial charge in [-0.15, -0.1) is 0 Å². The molecular weight excluding hydrogens is 236 g/mol. The average molecular weight is 260 g/mol. The van der Waals surface area contributed by atoms with E-state index < -0.39 is 0 Å². The van der Waals surface area contributed by atoms with Gasteiger partial charge in [0.2, 0.25) is 0 Å². The third-order valence-corrected chi connectivity index (χ3v) is 4.60. The number of nitrogens with two attached hydrogens (primary N) is 1. The molecule has 0 saturated carbocycles. The normalized spacial score (nSPS) is 27.8. The van der Waals surface area contributed by atoms with Gasteiger partial charge >= 0.3 is 0 Å². The molecule has 0 unspecified atom stereocenters. The quantitative estimate of drug-likeness (QED) is 0.849. The third kappa shape index (κ3) is 2.86. The minimum absolute atomic E-state index is 0.675. The Morgan fingerprint density at radius 1 is 1.11 bits per heavy atom. The summed E-state index contributed by atoms with van der Waals surface area (Å²) in [4.78, 5) is 2.68. The highest BCUT2D eigenvalue weighted by Gasteiger charge is 2.33. The van der Waals surface area contributed by atoms with Crippen LogP contribution in [0.2, 0.25) is 0 Å². The number of piperidine rings is 2. The molecule has 2 atom stereocenters. The molecule has 104 valence electrons. The number of hydrogen-bond donors (Lipinski definition) is 1. The highest BCUT2D eigenvalue weighted by Crippen LogP contribution is 2.32. The molecule has 0 radical (unpaired) electrons. The van der Waals surface area contributed by atoms with Crippen molar-refractivity contribution in [1.29, 1.82) is 0 Å². The molecule has 0 spiro atoms. The number of fused-ring (bicyclic) bond motifs is 1. The molecule has 0 aliphatic carbocycles. The average Bonchev–Trinajstić information content (AvgIpc) is 2.46. The van der Waals surface area contributed by atoms with Gasteiger partial charge in [-0.1, -0.05) is 18.6 Å². The topological polar surface area (TPSA) is 38.5 Å². The fourth-order valence-corrected chi connectivity index (χ4v) is 3.58. The number of ether oxygens (including phenoxy) is 1. The molecule has 3 nitrogen and oxygen atoms in total. The van der Waals surface area contributed by atoms with Gasteiger partial charge in [-0.3, -0.25) is 4.90 Å². The van der Waals surface area contributed by atoms with Gasteiger partial charge in [-0.25, -0.2) is 0 Å². The number of nitrogens with zero attached hydrogens (tertiary/aromatic N) is 1. The van der Waals surface area contributed by atoms with Crippen molar-refractivity contribution in [2.24, 2.45) is 5.92 Å². The van der Waals surface area contributed by atoms with Crippen LogP contribution in [0.25, 0.3) is 0 Å².